The van der Waals surface area contributed by atoms with Gasteiger partial charge >= 0.3 is 0 Å². The average molecular weight is 298 g/mol. The van der Waals surface area contributed by atoms with E-state index < -0.39 is 15.3 Å². The number of sulfonamides is 1. The van der Waals surface area contributed by atoms with Crippen molar-refractivity contribution in [2.24, 2.45) is 5.73 Å². The molecule has 6 heteroatoms. The zero-order valence-corrected chi connectivity index (χ0v) is 12.5. The minimum Gasteiger partial charge on any atom is -0.392 e. The van der Waals surface area contributed by atoms with Gasteiger partial charge < -0.3 is 5.73 Å². The van der Waals surface area contributed by atoms with E-state index in [9.17, 15) is 8.42 Å². The Hall–Kier alpha value is -0.980. The molecule has 104 valence electrons. The number of fused-ring (bicyclic) bond motifs is 1. The molecule has 1 aliphatic heterocycles. The van der Waals surface area contributed by atoms with Crippen molar-refractivity contribution < 1.29 is 8.42 Å². The van der Waals surface area contributed by atoms with Crippen LogP contribution in [0.15, 0.2) is 24.3 Å². The molecule has 1 aromatic carbocycles. The first-order chi connectivity index (χ1) is 8.96. The molecular weight excluding hydrogens is 280 g/mol. The van der Waals surface area contributed by atoms with Crippen molar-refractivity contribution in [1.29, 1.82) is 0 Å². The number of rotatable bonds is 4. The van der Waals surface area contributed by atoms with Gasteiger partial charge in [0.15, 0.2) is 0 Å². The summed E-state index contributed by atoms with van der Waals surface area (Å²) in [5, 5.41) is -0.757. The molecular formula is C13H18N2O2S2. The van der Waals surface area contributed by atoms with Gasteiger partial charge in [-0.1, -0.05) is 43.4 Å². The summed E-state index contributed by atoms with van der Waals surface area (Å²) in [5.41, 5.74) is 7.84. The molecule has 0 spiro atoms. The second kappa shape index (κ2) is 5.56. The second-order valence-corrected chi connectivity index (χ2v) is 7.28. The summed E-state index contributed by atoms with van der Waals surface area (Å²) in [6.07, 6.45) is 1.15. The fourth-order valence-corrected chi connectivity index (χ4v) is 4.70. The molecule has 1 heterocycles. The minimum atomic E-state index is -3.45. The smallest absolute Gasteiger partial charge is 0.223 e. The van der Waals surface area contributed by atoms with Crippen LogP contribution in [0.1, 0.15) is 24.5 Å². The van der Waals surface area contributed by atoms with Gasteiger partial charge in [0.2, 0.25) is 10.0 Å². The van der Waals surface area contributed by atoms with Crippen molar-refractivity contribution in [2.45, 2.75) is 31.6 Å². The van der Waals surface area contributed by atoms with Crippen molar-refractivity contribution in [2.75, 3.05) is 6.54 Å². The average Bonchev–Trinajstić information content (AvgIpc) is 2.38. The quantitative estimate of drug-likeness (QED) is 0.854. The van der Waals surface area contributed by atoms with Gasteiger partial charge in [0, 0.05) is 13.1 Å². The van der Waals surface area contributed by atoms with Crippen LogP contribution in [0.3, 0.4) is 0 Å². The lowest BCUT2D eigenvalue weighted by Gasteiger charge is -2.30. The molecule has 0 fully saturated rings. The van der Waals surface area contributed by atoms with Crippen LogP contribution in [0.25, 0.3) is 0 Å². The predicted octanol–water partition coefficient (Wildman–Crippen LogP) is 1.44. The monoisotopic (exact) mass is 298 g/mol. The summed E-state index contributed by atoms with van der Waals surface area (Å²) in [4.78, 5) is 0.0568. The normalized spacial score (nSPS) is 17.7. The Morgan fingerprint density at radius 1 is 1.42 bits per heavy atom. The molecule has 0 bridgehead atoms. The first-order valence-corrected chi connectivity index (χ1v) is 8.23. The van der Waals surface area contributed by atoms with E-state index in [1.807, 2.05) is 24.3 Å². The molecule has 4 nitrogen and oxygen atoms in total. The third-order valence-electron chi connectivity index (χ3n) is 3.50. The highest BCUT2D eigenvalue weighted by molar-refractivity contribution is 7.92. The lowest BCUT2D eigenvalue weighted by Crippen LogP contribution is -2.46. The zero-order valence-electron chi connectivity index (χ0n) is 10.9. The molecule has 0 radical (unpaired) electrons. The van der Waals surface area contributed by atoms with Crippen LogP contribution < -0.4 is 5.73 Å². The molecule has 1 atom stereocenters. The van der Waals surface area contributed by atoms with Gasteiger partial charge in [0.05, 0.1) is 4.99 Å². The van der Waals surface area contributed by atoms with Gasteiger partial charge in [0.1, 0.15) is 5.25 Å². The van der Waals surface area contributed by atoms with E-state index >= 15 is 0 Å². The number of benzene rings is 1. The molecule has 0 saturated heterocycles. The van der Waals surface area contributed by atoms with E-state index in [0.29, 0.717) is 19.5 Å². The first-order valence-electron chi connectivity index (χ1n) is 6.32. The Kier molecular flexibility index (Phi) is 4.23. The molecule has 0 saturated carbocycles. The van der Waals surface area contributed by atoms with E-state index in [2.05, 4.69) is 0 Å². The fourth-order valence-electron chi connectivity index (χ4n) is 2.43. The van der Waals surface area contributed by atoms with E-state index in [0.717, 1.165) is 12.0 Å². The molecule has 0 aliphatic carbocycles. The Balaban J connectivity index is 2.27. The van der Waals surface area contributed by atoms with Crippen molar-refractivity contribution in [3.8, 4) is 0 Å². The van der Waals surface area contributed by atoms with Crippen LogP contribution in [0.4, 0.5) is 0 Å². The van der Waals surface area contributed by atoms with Gasteiger partial charge in [-0.25, -0.2) is 8.42 Å². The van der Waals surface area contributed by atoms with Crippen LogP contribution in [-0.2, 0) is 23.0 Å². The maximum Gasteiger partial charge on any atom is 0.223 e. The van der Waals surface area contributed by atoms with E-state index in [1.54, 1.807) is 6.92 Å². The maximum atomic E-state index is 12.5. The first kappa shape index (κ1) is 14.4. The number of nitrogens with two attached hydrogens (primary N) is 1. The van der Waals surface area contributed by atoms with Gasteiger partial charge in [0.25, 0.3) is 0 Å². The minimum absolute atomic E-state index is 0.0568. The van der Waals surface area contributed by atoms with Gasteiger partial charge in [-0.05, 0) is 24.0 Å². The van der Waals surface area contributed by atoms with Gasteiger partial charge in [-0.15, -0.1) is 0 Å². The van der Waals surface area contributed by atoms with Crippen LogP contribution in [0, 0.1) is 0 Å². The zero-order chi connectivity index (χ0) is 14.0. The Bertz CT molecular complexity index is 584. The molecule has 1 aliphatic rings. The van der Waals surface area contributed by atoms with E-state index in [-0.39, 0.29) is 4.99 Å². The second-order valence-electron chi connectivity index (χ2n) is 4.70. The van der Waals surface area contributed by atoms with Crippen molar-refractivity contribution in [1.82, 2.24) is 4.31 Å². The van der Waals surface area contributed by atoms with E-state index in [1.165, 1.54) is 9.87 Å². The van der Waals surface area contributed by atoms with Crippen LogP contribution >= 0.6 is 12.2 Å². The van der Waals surface area contributed by atoms with E-state index in [4.69, 9.17) is 18.0 Å². The van der Waals surface area contributed by atoms with Gasteiger partial charge in [-0.3, -0.25) is 0 Å². The number of nitrogens with zero attached hydrogens (tertiary/aromatic N) is 1. The molecule has 1 unspecified atom stereocenters. The summed E-state index contributed by atoms with van der Waals surface area (Å²) in [7, 11) is -3.45. The predicted molar refractivity (Wildman–Crippen MR) is 80.3 cm³/mol. The van der Waals surface area contributed by atoms with Crippen molar-refractivity contribution >= 4 is 27.2 Å². The van der Waals surface area contributed by atoms with Crippen LogP contribution in [-0.4, -0.2) is 29.5 Å². The van der Waals surface area contributed by atoms with Gasteiger partial charge in [-0.2, -0.15) is 4.31 Å². The summed E-state index contributed by atoms with van der Waals surface area (Å²) in [5.74, 6) is 0. The highest BCUT2D eigenvalue weighted by Gasteiger charge is 2.34. The molecule has 2 rings (SSSR count). The third-order valence-corrected chi connectivity index (χ3v) is 6.27. The largest absolute Gasteiger partial charge is 0.392 e. The Labute approximate surface area is 119 Å². The van der Waals surface area contributed by atoms with Crippen molar-refractivity contribution in [3.63, 3.8) is 0 Å². The molecule has 0 aromatic heterocycles. The summed E-state index contributed by atoms with van der Waals surface area (Å²) in [6, 6.07) is 7.93. The van der Waals surface area contributed by atoms with Crippen LogP contribution in [0.2, 0.25) is 0 Å². The lowest BCUT2D eigenvalue weighted by atomic mass is 10.0. The summed E-state index contributed by atoms with van der Waals surface area (Å²) in [6.45, 7) is 2.70. The molecule has 19 heavy (non-hydrogen) atoms. The highest BCUT2D eigenvalue weighted by Crippen LogP contribution is 2.23. The number of hydrogen-bond donors (Lipinski definition) is 1. The maximum absolute atomic E-state index is 12.5. The molecule has 0 amide bonds. The Morgan fingerprint density at radius 3 is 2.63 bits per heavy atom. The molecule has 2 N–H and O–H groups in total. The standard InChI is InChI=1S/C13H18N2O2S2/c1-2-12(13(14)18)19(16,17)15-8-7-10-5-3-4-6-11(10)9-15/h3-6,12H,2,7-9H2,1H3,(H2,14,18). The Morgan fingerprint density at radius 2 is 2.05 bits per heavy atom. The fraction of sp³-hybridized carbons (Fsp3) is 0.462. The lowest BCUT2D eigenvalue weighted by molar-refractivity contribution is 0.388. The number of thiocarbonyl (C=S) groups is 1. The van der Waals surface area contributed by atoms with Crippen LogP contribution in [0.5, 0.6) is 0 Å². The highest BCUT2D eigenvalue weighted by atomic mass is 32.2. The third kappa shape index (κ3) is 2.80. The topological polar surface area (TPSA) is 63.4 Å². The molecule has 1 aromatic rings. The summed E-state index contributed by atoms with van der Waals surface area (Å²) >= 11 is 4.88. The SMILES string of the molecule is CCC(C(N)=S)S(=O)(=O)N1CCc2ccccc2C1. The summed E-state index contributed by atoms with van der Waals surface area (Å²) < 4.78 is 26.6. The van der Waals surface area contributed by atoms with Crippen molar-refractivity contribution in [3.05, 3.63) is 35.4 Å². The number of hydrogen-bond acceptors (Lipinski definition) is 3.